The van der Waals surface area contributed by atoms with Crippen LogP contribution in [0.25, 0.3) is 0 Å². The highest BCUT2D eigenvalue weighted by atomic mass is 16.3. The number of fused-ring (bicyclic) bond motifs is 2. The molecule has 3 heteroatoms. The molecule has 86 valence electrons. The van der Waals surface area contributed by atoms with Crippen LogP contribution in [0, 0.1) is 6.92 Å². The van der Waals surface area contributed by atoms with Crippen LogP contribution in [-0.4, -0.2) is 28.3 Å². The molecule has 0 aliphatic carbocycles. The molecule has 2 bridgehead atoms. The molecule has 0 saturated carbocycles. The molecular weight excluding hydrogens is 200 g/mol. The molecule has 1 aromatic heterocycles. The number of aliphatic hydroxyl groups excluding tert-OH is 1. The van der Waals surface area contributed by atoms with Gasteiger partial charge >= 0.3 is 0 Å². The Bertz CT molecular complexity index is 379. The molecule has 3 heterocycles. The Morgan fingerprint density at radius 1 is 1.31 bits per heavy atom. The lowest BCUT2D eigenvalue weighted by atomic mass is 10.00. The summed E-state index contributed by atoms with van der Waals surface area (Å²) < 4.78 is 0. The van der Waals surface area contributed by atoms with Gasteiger partial charge in [0.15, 0.2) is 0 Å². The topological polar surface area (TPSA) is 36.4 Å². The number of rotatable bonds is 1. The number of hydrogen-bond donors (Lipinski definition) is 1. The van der Waals surface area contributed by atoms with Crippen LogP contribution in [0.5, 0.6) is 0 Å². The van der Waals surface area contributed by atoms with Crippen molar-refractivity contribution >= 4 is 5.82 Å². The summed E-state index contributed by atoms with van der Waals surface area (Å²) in [6.07, 6.45) is 6.01. The van der Waals surface area contributed by atoms with Crippen LogP contribution in [0.3, 0.4) is 0 Å². The minimum atomic E-state index is -0.0986. The lowest BCUT2D eigenvalue weighted by Gasteiger charge is -2.38. The predicted molar refractivity (Wildman–Crippen MR) is 63.5 cm³/mol. The minimum Gasteiger partial charge on any atom is -0.393 e. The molecule has 1 aromatic rings. The molecule has 0 amide bonds. The average Bonchev–Trinajstić information content (AvgIpc) is 2.51. The predicted octanol–water partition coefficient (Wildman–Crippen LogP) is 1.88. The Balaban J connectivity index is 1.91. The Kier molecular flexibility index (Phi) is 2.36. The van der Waals surface area contributed by atoms with Crippen molar-refractivity contribution in [3.8, 4) is 0 Å². The van der Waals surface area contributed by atoms with E-state index in [-0.39, 0.29) is 6.10 Å². The SMILES string of the molecule is Cc1ccnc(N2C3CCC2CC(O)C3)c1. The summed E-state index contributed by atoms with van der Waals surface area (Å²) in [5.74, 6) is 1.10. The van der Waals surface area contributed by atoms with Gasteiger partial charge in [0.1, 0.15) is 5.82 Å². The number of hydrogen-bond acceptors (Lipinski definition) is 3. The fraction of sp³-hybridized carbons (Fsp3) is 0.615. The summed E-state index contributed by atoms with van der Waals surface area (Å²) in [4.78, 5) is 6.90. The molecule has 2 aliphatic rings. The molecule has 0 spiro atoms. The average molecular weight is 218 g/mol. The summed E-state index contributed by atoms with van der Waals surface area (Å²) in [6.45, 7) is 2.10. The van der Waals surface area contributed by atoms with E-state index in [1.807, 2.05) is 12.3 Å². The van der Waals surface area contributed by atoms with E-state index in [4.69, 9.17) is 0 Å². The van der Waals surface area contributed by atoms with Crippen LogP contribution in [0.15, 0.2) is 18.3 Å². The van der Waals surface area contributed by atoms with Crippen LogP contribution < -0.4 is 4.90 Å². The summed E-state index contributed by atoms with van der Waals surface area (Å²) in [7, 11) is 0. The molecular formula is C13H18N2O. The van der Waals surface area contributed by atoms with Crippen molar-refractivity contribution in [2.75, 3.05) is 4.90 Å². The molecule has 16 heavy (non-hydrogen) atoms. The zero-order valence-corrected chi connectivity index (χ0v) is 9.63. The van der Waals surface area contributed by atoms with Crippen LogP contribution in [0.2, 0.25) is 0 Å². The molecule has 3 nitrogen and oxygen atoms in total. The number of pyridine rings is 1. The van der Waals surface area contributed by atoms with Crippen molar-refractivity contribution in [3.05, 3.63) is 23.9 Å². The fourth-order valence-corrected chi connectivity index (χ4v) is 3.18. The zero-order chi connectivity index (χ0) is 11.1. The molecule has 0 radical (unpaired) electrons. The first-order valence-electron chi connectivity index (χ1n) is 6.13. The zero-order valence-electron chi connectivity index (χ0n) is 9.63. The van der Waals surface area contributed by atoms with E-state index in [0.29, 0.717) is 12.1 Å². The van der Waals surface area contributed by atoms with Crippen molar-refractivity contribution in [2.45, 2.75) is 50.8 Å². The normalized spacial score (nSPS) is 33.1. The highest BCUT2D eigenvalue weighted by Crippen LogP contribution is 2.38. The van der Waals surface area contributed by atoms with E-state index >= 15 is 0 Å². The monoisotopic (exact) mass is 218 g/mol. The lowest BCUT2D eigenvalue weighted by Crippen LogP contribution is -2.45. The van der Waals surface area contributed by atoms with Crippen molar-refractivity contribution in [3.63, 3.8) is 0 Å². The second-order valence-electron chi connectivity index (χ2n) is 5.11. The van der Waals surface area contributed by atoms with Crippen molar-refractivity contribution in [1.82, 2.24) is 4.98 Å². The van der Waals surface area contributed by atoms with Gasteiger partial charge in [-0.2, -0.15) is 0 Å². The Morgan fingerprint density at radius 3 is 2.62 bits per heavy atom. The van der Waals surface area contributed by atoms with Crippen molar-refractivity contribution in [1.29, 1.82) is 0 Å². The molecule has 3 rings (SSSR count). The molecule has 1 N–H and O–H groups in total. The summed E-state index contributed by atoms with van der Waals surface area (Å²) in [5.41, 5.74) is 1.26. The number of nitrogens with zero attached hydrogens (tertiary/aromatic N) is 2. The van der Waals surface area contributed by atoms with E-state index < -0.39 is 0 Å². The second-order valence-corrected chi connectivity index (χ2v) is 5.11. The van der Waals surface area contributed by atoms with Gasteiger partial charge in [0.2, 0.25) is 0 Å². The number of aryl methyl sites for hydroxylation is 1. The molecule has 2 saturated heterocycles. The smallest absolute Gasteiger partial charge is 0.129 e. The lowest BCUT2D eigenvalue weighted by molar-refractivity contribution is 0.126. The van der Waals surface area contributed by atoms with Gasteiger partial charge in [0.05, 0.1) is 6.10 Å². The van der Waals surface area contributed by atoms with Gasteiger partial charge in [-0.25, -0.2) is 4.98 Å². The van der Waals surface area contributed by atoms with Gasteiger partial charge in [0, 0.05) is 18.3 Å². The first kappa shape index (κ1) is 10.1. The van der Waals surface area contributed by atoms with Crippen LogP contribution in [0.1, 0.15) is 31.2 Å². The van der Waals surface area contributed by atoms with E-state index in [2.05, 4.69) is 22.9 Å². The number of aliphatic hydroxyl groups is 1. The minimum absolute atomic E-state index is 0.0986. The van der Waals surface area contributed by atoms with Gasteiger partial charge in [-0.15, -0.1) is 0 Å². The number of piperidine rings is 1. The Hall–Kier alpha value is -1.09. The first-order chi connectivity index (χ1) is 7.74. The number of anilines is 1. The molecule has 2 atom stereocenters. The largest absolute Gasteiger partial charge is 0.393 e. The van der Waals surface area contributed by atoms with Gasteiger partial charge in [-0.05, 0) is 50.3 Å². The Morgan fingerprint density at radius 2 is 2.00 bits per heavy atom. The number of aromatic nitrogens is 1. The standard InChI is InChI=1S/C13H18N2O/c1-9-4-5-14-13(6-9)15-10-2-3-11(15)8-12(16)7-10/h4-6,10-12,16H,2-3,7-8H2,1H3. The third kappa shape index (κ3) is 1.59. The first-order valence-corrected chi connectivity index (χ1v) is 6.13. The van der Waals surface area contributed by atoms with E-state index in [1.165, 1.54) is 18.4 Å². The molecule has 2 aliphatic heterocycles. The molecule has 0 aromatic carbocycles. The van der Waals surface area contributed by atoms with Gasteiger partial charge < -0.3 is 10.0 Å². The summed E-state index contributed by atoms with van der Waals surface area (Å²) in [5, 5.41) is 9.76. The van der Waals surface area contributed by atoms with Crippen LogP contribution in [-0.2, 0) is 0 Å². The van der Waals surface area contributed by atoms with Gasteiger partial charge in [-0.1, -0.05) is 0 Å². The maximum absolute atomic E-state index is 9.76. The quantitative estimate of drug-likeness (QED) is 0.782. The molecule has 2 unspecified atom stereocenters. The van der Waals surface area contributed by atoms with Gasteiger partial charge in [0.25, 0.3) is 0 Å². The van der Waals surface area contributed by atoms with Crippen molar-refractivity contribution in [2.24, 2.45) is 0 Å². The van der Waals surface area contributed by atoms with Crippen LogP contribution in [0.4, 0.5) is 5.82 Å². The van der Waals surface area contributed by atoms with E-state index in [9.17, 15) is 5.11 Å². The van der Waals surface area contributed by atoms with E-state index in [0.717, 1.165) is 18.7 Å². The summed E-state index contributed by atoms with van der Waals surface area (Å²) >= 11 is 0. The highest BCUT2D eigenvalue weighted by molar-refractivity contribution is 5.45. The van der Waals surface area contributed by atoms with Crippen LogP contribution >= 0.6 is 0 Å². The molecule has 2 fully saturated rings. The Labute approximate surface area is 96.1 Å². The maximum atomic E-state index is 9.76. The second kappa shape index (κ2) is 3.74. The van der Waals surface area contributed by atoms with Crippen molar-refractivity contribution < 1.29 is 5.11 Å². The van der Waals surface area contributed by atoms with Gasteiger partial charge in [-0.3, -0.25) is 0 Å². The maximum Gasteiger partial charge on any atom is 0.129 e. The third-order valence-corrected chi connectivity index (χ3v) is 3.87. The summed E-state index contributed by atoms with van der Waals surface area (Å²) in [6, 6.07) is 5.19. The van der Waals surface area contributed by atoms with E-state index in [1.54, 1.807) is 0 Å². The third-order valence-electron chi connectivity index (χ3n) is 3.87. The highest BCUT2D eigenvalue weighted by Gasteiger charge is 2.40. The fourth-order valence-electron chi connectivity index (χ4n) is 3.18.